The van der Waals surface area contributed by atoms with Crippen LogP contribution in [0.3, 0.4) is 0 Å². The molecule has 0 radical (unpaired) electrons. The average molecular weight is 265 g/mol. The molecule has 0 aromatic heterocycles. The summed E-state index contributed by atoms with van der Waals surface area (Å²) in [6.07, 6.45) is 0. The van der Waals surface area contributed by atoms with E-state index in [2.05, 4.69) is 6.07 Å². The number of carbonyl (C=O) groups excluding carboxylic acids is 1. The highest BCUT2D eigenvalue weighted by Crippen LogP contribution is 2.22. The molecule has 0 bridgehead atoms. The van der Waals surface area contributed by atoms with Crippen molar-refractivity contribution in [1.29, 1.82) is 5.26 Å². The van der Waals surface area contributed by atoms with Crippen LogP contribution in [0.2, 0.25) is 0 Å². The summed E-state index contributed by atoms with van der Waals surface area (Å²) in [6.45, 7) is 3.85. The third-order valence-electron chi connectivity index (χ3n) is 2.99. The maximum absolute atomic E-state index is 11.6. The Bertz CT molecular complexity index is 666. The molecule has 0 aliphatic heterocycles. The van der Waals surface area contributed by atoms with E-state index in [1.54, 1.807) is 18.2 Å². The fourth-order valence-corrected chi connectivity index (χ4v) is 1.88. The van der Waals surface area contributed by atoms with Crippen molar-refractivity contribution in [1.82, 2.24) is 0 Å². The van der Waals surface area contributed by atoms with Crippen molar-refractivity contribution in [2.24, 2.45) is 0 Å². The van der Waals surface area contributed by atoms with Crippen molar-refractivity contribution >= 4 is 5.78 Å². The number of nitrogens with zero attached hydrogens (tertiary/aromatic N) is 1. The first kappa shape index (κ1) is 13.8. The number of nitriles is 1. The van der Waals surface area contributed by atoms with E-state index in [4.69, 9.17) is 10.00 Å². The summed E-state index contributed by atoms with van der Waals surface area (Å²) < 4.78 is 5.74. The van der Waals surface area contributed by atoms with E-state index >= 15 is 0 Å². The summed E-state index contributed by atoms with van der Waals surface area (Å²) in [7, 11) is 0. The van der Waals surface area contributed by atoms with Gasteiger partial charge in [0, 0.05) is 0 Å². The standard InChI is InChI=1S/C17H15NO2/c1-12-3-8-16(13(2)19)17(9-12)20-11-15-6-4-14(10-18)5-7-15/h3-9H,11H2,1-2H3. The van der Waals surface area contributed by atoms with E-state index in [0.29, 0.717) is 23.5 Å². The molecule has 0 amide bonds. The molecule has 0 saturated heterocycles. The lowest BCUT2D eigenvalue weighted by Crippen LogP contribution is -2.02. The Kier molecular flexibility index (Phi) is 4.17. The van der Waals surface area contributed by atoms with E-state index in [-0.39, 0.29) is 5.78 Å². The molecule has 0 heterocycles. The van der Waals surface area contributed by atoms with Crippen molar-refractivity contribution in [3.63, 3.8) is 0 Å². The average Bonchev–Trinajstić information content (AvgIpc) is 2.45. The largest absolute Gasteiger partial charge is 0.488 e. The van der Waals surface area contributed by atoms with Gasteiger partial charge in [-0.15, -0.1) is 0 Å². The van der Waals surface area contributed by atoms with Gasteiger partial charge in [-0.25, -0.2) is 0 Å². The van der Waals surface area contributed by atoms with Gasteiger partial charge in [0.15, 0.2) is 5.78 Å². The van der Waals surface area contributed by atoms with Gasteiger partial charge >= 0.3 is 0 Å². The molecule has 0 spiro atoms. The normalized spacial score (nSPS) is 9.85. The second-order valence-corrected chi connectivity index (χ2v) is 4.65. The van der Waals surface area contributed by atoms with Crippen LogP contribution in [0.5, 0.6) is 5.75 Å². The van der Waals surface area contributed by atoms with Crippen molar-refractivity contribution < 1.29 is 9.53 Å². The lowest BCUT2D eigenvalue weighted by atomic mass is 10.1. The third kappa shape index (κ3) is 3.24. The van der Waals surface area contributed by atoms with Crippen molar-refractivity contribution in [3.05, 3.63) is 64.7 Å². The summed E-state index contributed by atoms with van der Waals surface area (Å²) in [5.41, 5.74) is 3.21. The zero-order valence-corrected chi connectivity index (χ0v) is 11.5. The van der Waals surface area contributed by atoms with Crippen molar-refractivity contribution in [3.8, 4) is 11.8 Å². The van der Waals surface area contributed by atoms with Crippen molar-refractivity contribution in [2.45, 2.75) is 20.5 Å². The highest BCUT2D eigenvalue weighted by molar-refractivity contribution is 5.96. The van der Waals surface area contributed by atoms with Crippen LogP contribution in [0.1, 0.15) is 34.0 Å². The molecule has 0 aliphatic carbocycles. The lowest BCUT2D eigenvalue weighted by Gasteiger charge is -2.11. The van der Waals surface area contributed by atoms with Gasteiger partial charge in [-0.2, -0.15) is 5.26 Å². The monoisotopic (exact) mass is 265 g/mol. The molecule has 3 heteroatoms. The summed E-state index contributed by atoms with van der Waals surface area (Å²) >= 11 is 0. The van der Waals surface area contributed by atoms with Crippen LogP contribution in [0, 0.1) is 18.3 Å². The van der Waals surface area contributed by atoms with Crippen molar-refractivity contribution in [2.75, 3.05) is 0 Å². The molecule has 100 valence electrons. The first-order valence-corrected chi connectivity index (χ1v) is 6.33. The van der Waals surface area contributed by atoms with E-state index in [1.165, 1.54) is 6.92 Å². The van der Waals surface area contributed by atoms with Crippen LogP contribution in [0.4, 0.5) is 0 Å². The van der Waals surface area contributed by atoms with E-state index < -0.39 is 0 Å². The highest BCUT2D eigenvalue weighted by Gasteiger charge is 2.08. The third-order valence-corrected chi connectivity index (χ3v) is 2.99. The van der Waals surface area contributed by atoms with Gasteiger partial charge in [-0.3, -0.25) is 4.79 Å². The molecule has 20 heavy (non-hydrogen) atoms. The molecule has 0 fully saturated rings. The Labute approximate surface area is 118 Å². The second-order valence-electron chi connectivity index (χ2n) is 4.65. The van der Waals surface area contributed by atoms with Crippen LogP contribution < -0.4 is 4.74 Å². The van der Waals surface area contributed by atoms with Gasteiger partial charge in [0.05, 0.1) is 17.2 Å². The first-order valence-electron chi connectivity index (χ1n) is 6.33. The molecule has 0 N–H and O–H groups in total. The molecule has 2 rings (SSSR count). The van der Waals surface area contributed by atoms with Gasteiger partial charge in [-0.1, -0.05) is 18.2 Å². The summed E-state index contributed by atoms with van der Waals surface area (Å²) in [5, 5.41) is 8.75. The lowest BCUT2D eigenvalue weighted by molar-refractivity contribution is 0.101. The molecule has 3 nitrogen and oxygen atoms in total. The van der Waals surface area contributed by atoms with E-state index in [9.17, 15) is 4.79 Å². The Hall–Kier alpha value is -2.60. The highest BCUT2D eigenvalue weighted by atomic mass is 16.5. The fraction of sp³-hybridized carbons (Fsp3) is 0.176. The zero-order valence-electron chi connectivity index (χ0n) is 11.5. The summed E-state index contributed by atoms with van der Waals surface area (Å²) in [5.74, 6) is 0.585. The molecule has 0 saturated carbocycles. The summed E-state index contributed by atoms with van der Waals surface area (Å²) in [6, 6.07) is 14.8. The SMILES string of the molecule is CC(=O)c1ccc(C)cc1OCc1ccc(C#N)cc1. The Balaban J connectivity index is 2.15. The molecule has 0 unspecified atom stereocenters. The first-order chi connectivity index (χ1) is 9.60. The van der Waals surface area contributed by atoms with Gasteiger partial charge in [0.1, 0.15) is 12.4 Å². The van der Waals surface area contributed by atoms with Crippen LogP contribution in [0.15, 0.2) is 42.5 Å². The Morgan fingerprint density at radius 2 is 1.90 bits per heavy atom. The van der Waals surface area contributed by atoms with Gasteiger partial charge in [-0.05, 0) is 49.2 Å². The number of ketones is 1. The molecular formula is C17H15NO2. The second kappa shape index (κ2) is 6.03. The van der Waals surface area contributed by atoms with E-state index in [0.717, 1.165) is 11.1 Å². The minimum atomic E-state index is -0.0140. The quantitative estimate of drug-likeness (QED) is 0.793. The topological polar surface area (TPSA) is 50.1 Å². The minimum Gasteiger partial charge on any atom is -0.488 e. The maximum Gasteiger partial charge on any atom is 0.163 e. The predicted octanol–water partition coefficient (Wildman–Crippen LogP) is 3.65. The molecular weight excluding hydrogens is 250 g/mol. The number of carbonyl (C=O) groups is 1. The maximum atomic E-state index is 11.6. The molecule has 2 aromatic carbocycles. The van der Waals surface area contributed by atoms with Crippen LogP contribution in [-0.2, 0) is 6.61 Å². The Morgan fingerprint density at radius 1 is 1.20 bits per heavy atom. The van der Waals surface area contributed by atoms with Crippen LogP contribution in [0.25, 0.3) is 0 Å². The number of hydrogen-bond donors (Lipinski definition) is 0. The predicted molar refractivity (Wildman–Crippen MR) is 76.7 cm³/mol. The number of ether oxygens (including phenoxy) is 1. The van der Waals surface area contributed by atoms with Gasteiger partial charge in [0.2, 0.25) is 0 Å². The Morgan fingerprint density at radius 3 is 2.50 bits per heavy atom. The molecule has 0 aliphatic rings. The molecule has 0 atom stereocenters. The number of Topliss-reactive ketones (excluding diaryl/α,β-unsaturated/α-hetero) is 1. The number of benzene rings is 2. The van der Waals surface area contributed by atoms with Gasteiger partial charge in [0.25, 0.3) is 0 Å². The minimum absolute atomic E-state index is 0.0140. The fourth-order valence-electron chi connectivity index (χ4n) is 1.88. The number of rotatable bonds is 4. The van der Waals surface area contributed by atoms with Gasteiger partial charge < -0.3 is 4.74 Å². The smallest absolute Gasteiger partial charge is 0.163 e. The van der Waals surface area contributed by atoms with Crippen LogP contribution >= 0.6 is 0 Å². The van der Waals surface area contributed by atoms with E-state index in [1.807, 2.05) is 31.2 Å². The summed E-state index contributed by atoms with van der Waals surface area (Å²) in [4.78, 5) is 11.6. The number of hydrogen-bond acceptors (Lipinski definition) is 3. The number of aryl methyl sites for hydroxylation is 1. The van der Waals surface area contributed by atoms with Crippen LogP contribution in [-0.4, -0.2) is 5.78 Å². The molecule has 2 aromatic rings. The zero-order chi connectivity index (χ0) is 14.5.